The van der Waals surface area contributed by atoms with Crippen molar-refractivity contribution < 1.29 is 4.74 Å². The third-order valence-electron chi connectivity index (χ3n) is 2.76. The summed E-state index contributed by atoms with van der Waals surface area (Å²) in [4.78, 5) is 0. The van der Waals surface area contributed by atoms with Crippen molar-refractivity contribution in [1.82, 2.24) is 0 Å². The number of rotatable bonds is 2. The van der Waals surface area contributed by atoms with Crippen molar-refractivity contribution in [2.75, 3.05) is 11.5 Å². The van der Waals surface area contributed by atoms with Gasteiger partial charge in [0.05, 0.1) is 13.4 Å². The number of halogens is 1. The van der Waals surface area contributed by atoms with Gasteiger partial charge in [0, 0.05) is 4.43 Å². The normalized spacial score (nSPS) is 31.6. The lowest BCUT2D eigenvalue weighted by Crippen LogP contribution is -2.38. The van der Waals surface area contributed by atoms with Gasteiger partial charge in [-0.2, -0.15) is 0 Å². The van der Waals surface area contributed by atoms with Crippen molar-refractivity contribution in [3.63, 3.8) is 0 Å². The van der Waals surface area contributed by atoms with Crippen molar-refractivity contribution in [3.05, 3.63) is 11.8 Å². The molecule has 64 valence electrons. The van der Waals surface area contributed by atoms with Gasteiger partial charge in [0.1, 0.15) is 0 Å². The third kappa shape index (κ3) is 1.55. The zero-order chi connectivity index (χ0) is 8.48. The molecule has 1 fully saturated rings. The molecule has 1 aliphatic rings. The molecular formula is C9H15IO. The maximum atomic E-state index is 5.01. The average Bonchev–Trinajstić information content (AvgIpc) is 1.97. The van der Waals surface area contributed by atoms with E-state index in [2.05, 4.69) is 36.4 Å². The molecule has 0 aliphatic heterocycles. The molecule has 0 aromatic heterocycles. The van der Waals surface area contributed by atoms with Gasteiger partial charge in [0.25, 0.3) is 0 Å². The van der Waals surface area contributed by atoms with Gasteiger partial charge in [0.15, 0.2) is 0 Å². The molecule has 1 nitrogen and oxygen atoms in total. The zero-order valence-electron chi connectivity index (χ0n) is 7.36. The van der Waals surface area contributed by atoms with Crippen LogP contribution in [-0.4, -0.2) is 11.5 Å². The van der Waals surface area contributed by atoms with Crippen LogP contribution in [0.4, 0.5) is 0 Å². The molecule has 0 heterocycles. The highest BCUT2D eigenvalue weighted by Gasteiger charge is 2.42. The fraction of sp³-hybridized carbons (Fsp3) is 0.778. The highest BCUT2D eigenvalue weighted by atomic mass is 127. The van der Waals surface area contributed by atoms with Crippen LogP contribution in [0.2, 0.25) is 0 Å². The van der Waals surface area contributed by atoms with Gasteiger partial charge in [-0.3, -0.25) is 0 Å². The smallest absolute Gasteiger partial charge is 0.0822 e. The molecule has 0 bridgehead atoms. The molecule has 1 atom stereocenters. The van der Waals surface area contributed by atoms with E-state index in [0.717, 1.165) is 5.92 Å². The van der Waals surface area contributed by atoms with Crippen LogP contribution in [0.25, 0.3) is 0 Å². The van der Waals surface area contributed by atoms with Gasteiger partial charge in [-0.1, -0.05) is 36.4 Å². The molecule has 0 saturated heterocycles. The first kappa shape index (κ1) is 9.36. The van der Waals surface area contributed by atoms with Gasteiger partial charge in [-0.25, -0.2) is 0 Å². The summed E-state index contributed by atoms with van der Waals surface area (Å²) in [5.74, 6) is 0.851. The number of ether oxygens (including phenoxy) is 1. The second-order valence-corrected chi connectivity index (χ2v) is 4.54. The molecule has 1 unspecified atom stereocenters. The van der Waals surface area contributed by atoms with Crippen LogP contribution in [0.5, 0.6) is 0 Å². The summed E-state index contributed by atoms with van der Waals surface area (Å²) in [6, 6.07) is 0. The van der Waals surface area contributed by atoms with Crippen molar-refractivity contribution in [2.45, 2.75) is 20.3 Å². The van der Waals surface area contributed by atoms with E-state index in [1.165, 1.54) is 16.4 Å². The summed E-state index contributed by atoms with van der Waals surface area (Å²) < 4.78 is 6.27. The summed E-state index contributed by atoms with van der Waals surface area (Å²) in [7, 11) is 1.72. The largest absolute Gasteiger partial charge is 0.504 e. The van der Waals surface area contributed by atoms with Crippen LogP contribution in [0, 0.1) is 11.3 Å². The summed E-state index contributed by atoms with van der Waals surface area (Å²) >= 11 is 2.46. The predicted molar refractivity (Wildman–Crippen MR) is 55.9 cm³/mol. The van der Waals surface area contributed by atoms with E-state index < -0.39 is 0 Å². The number of methoxy groups -OCH3 is 1. The van der Waals surface area contributed by atoms with Crippen molar-refractivity contribution >= 4 is 22.6 Å². The van der Waals surface area contributed by atoms with E-state index in [9.17, 15) is 0 Å². The van der Waals surface area contributed by atoms with Gasteiger partial charge >= 0.3 is 0 Å². The van der Waals surface area contributed by atoms with Gasteiger partial charge in [0.2, 0.25) is 0 Å². The highest BCUT2D eigenvalue weighted by Crippen LogP contribution is 2.51. The lowest BCUT2D eigenvalue weighted by atomic mass is 9.60. The summed E-state index contributed by atoms with van der Waals surface area (Å²) in [6.07, 6.45) is 3.13. The van der Waals surface area contributed by atoms with Crippen LogP contribution >= 0.6 is 22.6 Å². The van der Waals surface area contributed by atoms with E-state index in [0.29, 0.717) is 5.41 Å². The molecule has 0 aromatic carbocycles. The van der Waals surface area contributed by atoms with Crippen LogP contribution in [-0.2, 0) is 4.74 Å². The lowest BCUT2D eigenvalue weighted by Gasteiger charge is -2.46. The maximum absolute atomic E-state index is 5.01. The van der Waals surface area contributed by atoms with Crippen molar-refractivity contribution in [3.8, 4) is 0 Å². The Bertz CT molecular complexity index is 172. The molecule has 11 heavy (non-hydrogen) atoms. The van der Waals surface area contributed by atoms with Crippen molar-refractivity contribution in [1.29, 1.82) is 0 Å². The van der Waals surface area contributed by atoms with Gasteiger partial charge < -0.3 is 4.74 Å². The summed E-state index contributed by atoms with van der Waals surface area (Å²) in [5, 5.41) is 0. The average molecular weight is 266 g/mol. The molecule has 0 amide bonds. The molecule has 0 spiro atoms. The summed E-state index contributed by atoms with van der Waals surface area (Å²) in [6.45, 7) is 4.59. The van der Waals surface area contributed by atoms with Gasteiger partial charge in [-0.05, 0) is 23.3 Å². The number of alkyl halides is 1. The van der Waals surface area contributed by atoms with Crippen LogP contribution in [0.3, 0.4) is 0 Å². The second kappa shape index (κ2) is 3.33. The monoisotopic (exact) mass is 266 g/mol. The van der Waals surface area contributed by atoms with E-state index in [-0.39, 0.29) is 0 Å². The highest BCUT2D eigenvalue weighted by molar-refractivity contribution is 14.1. The Kier molecular flexibility index (Phi) is 2.84. The first-order chi connectivity index (χ1) is 5.12. The first-order valence-electron chi connectivity index (χ1n) is 3.91. The molecule has 1 saturated carbocycles. The standard InChI is InChI=1S/C9H15IO/c1-9(2)7(5-10)4-8(9)6-11-3/h6-7H,4-5H2,1-3H3. The fourth-order valence-electron chi connectivity index (χ4n) is 1.50. The minimum absolute atomic E-state index is 0.386. The molecule has 0 radical (unpaired) electrons. The second-order valence-electron chi connectivity index (χ2n) is 3.66. The van der Waals surface area contributed by atoms with E-state index in [1.807, 2.05) is 6.26 Å². The molecular weight excluding hydrogens is 251 g/mol. The minimum Gasteiger partial charge on any atom is -0.504 e. The summed E-state index contributed by atoms with van der Waals surface area (Å²) in [5.41, 5.74) is 1.85. The van der Waals surface area contributed by atoms with Crippen LogP contribution < -0.4 is 0 Å². The Morgan fingerprint density at radius 2 is 2.36 bits per heavy atom. The Balaban J connectivity index is 2.61. The first-order valence-corrected chi connectivity index (χ1v) is 5.43. The topological polar surface area (TPSA) is 9.23 Å². The number of hydrogen-bond acceptors (Lipinski definition) is 1. The predicted octanol–water partition coefficient (Wildman–Crippen LogP) is 3.00. The Labute approximate surface area is 82.3 Å². The maximum Gasteiger partial charge on any atom is 0.0822 e. The Morgan fingerprint density at radius 1 is 1.73 bits per heavy atom. The van der Waals surface area contributed by atoms with Crippen molar-refractivity contribution in [2.24, 2.45) is 11.3 Å². The molecule has 1 aliphatic carbocycles. The van der Waals surface area contributed by atoms with E-state index >= 15 is 0 Å². The van der Waals surface area contributed by atoms with Crippen LogP contribution in [0.1, 0.15) is 20.3 Å². The molecule has 2 heteroatoms. The molecule has 0 N–H and O–H groups in total. The third-order valence-corrected chi connectivity index (χ3v) is 3.82. The fourth-order valence-corrected chi connectivity index (χ4v) is 2.92. The Morgan fingerprint density at radius 3 is 2.73 bits per heavy atom. The van der Waals surface area contributed by atoms with E-state index in [4.69, 9.17) is 4.74 Å². The van der Waals surface area contributed by atoms with Crippen LogP contribution in [0.15, 0.2) is 11.8 Å². The number of hydrogen-bond donors (Lipinski definition) is 0. The molecule has 1 rings (SSSR count). The Hall–Kier alpha value is 0.270. The van der Waals surface area contributed by atoms with Gasteiger partial charge in [-0.15, -0.1) is 0 Å². The zero-order valence-corrected chi connectivity index (χ0v) is 9.51. The minimum atomic E-state index is 0.386. The quantitative estimate of drug-likeness (QED) is 0.424. The molecule has 0 aromatic rings. The SMILES string of the molecule is COC=C1CC(CI)C1(C)C. The number of allylic oxidation sites excluding steroid dienone is 1. The lowest BCUT2D eigenvalue weighted by molar-refractivity contribution is 0.177. The van der Waals surface area contributed by atoms with E-state index in [1.54, 1.807) is 7.11 Å².